The molecule has 0 N–H and O–H groups in total. The highest BCUT2D eigenvalue weighted by Gasteiger charge is 2.42. The predicted molar refractivity (Wildman–Crippen MR) is 403 cm³/mol. The summed E-state index contributed by atoms with van der Waals surface area (Å²) in [5.41, 5.74) is 2.69. The lowest BCUT2D eigenvalue weighted by Crippen LogP contribution is -2.41. The van der Waals surface area contributed by atoms with E-state index in [4.69, 9.17) is 65.4 Å². The van der Waals surface area contributed by atoms with Gasteiger partial charge in [-0.05, 0) is 111 Å². The molecule has 0 aromatic heterocycles. The Morgan fingerprint density at radius 1 is 0.302 bits per heavy atom. The van der Waals surface area contributed by atoms with Crippen molar-refractivity contribution in [1.29, 1.82) is 0 Å². The summed E-state index contributed by atoms with van der Waals surface area (Å²) in [5.74, 6) is 0.808. The molecule has 7 aromatic carbocycles. The fourth-order valence-electron chi connectivity index (χ4n) is 14.5. The number of hydrogen-bond donors (Lipinski definition) is 0. The lowest BCUT2D eigenvalue weighted by atomic mass is 9.81. The van der Waals surface area contributed by atoms with Crippen LogP contribution in [0.1, 0.15) is 288 Å². The first kappa shape index (κ1) is 74.7. The molecular weight excluding hydrogens is 1280 g/mol. The number of ether oxygens (including phenoxy) is 4. The molecule has 2 heterocycles. The molecule has 4 atom stereocenters. The molecular formula is C82H106Cl4N2O8. The van der Waals surface area contributed by atoms with Crippen LogP contribution in [0.5, 0.6) is 23.0 Å². The lowest BCUT2D eigenvalue weighted by Gasteiger charge is -2.32. The van der Waals surface area contributed by atoms with E-state index in [9.17, 15) is 0 Å². The van der Waals surface area contributed by atoms with Crippen molar-refractivity contribution < 1.29 is 38.1 Å². The van der Waals surface area contributed by atoms with Gasteiger partial charge in [0.15, 0.2) is 23.0 Å². The van der Waals surface area contributed by atoms with E-state index in [-0.39, 0.29) is 54.2 Å². The van der Waals surface area contributed by atoms with Crippen LogP contribution in [0.25, 0.3) is 43.1 Å². The molecule has 14 heteroatoms. The molecule has 0 bridgehead atoms. The fraction of sp³-hybridized carbons (Fsp3) is 0.561. The molecule has 0 saturated heterocycles. The number of hydrogen-bond acceptors (Lipinski definition) is 8. The van der Waals surface area contributed by atoms with E-state index >= 15 is 19.2 Å². The van der Waals surface area contributed by atoms with Gasteiger partial charge in [0.2, 0.25) is 0 Å². The van der Waals surface area contributed by atoms with E-state index in [0.29, 0.717) is 127 Å². The Kier molecular flexibility index (Phi) is 27.6. The van der Waals surface area contributed by atoms with Gasteiger partial charge in [-0.3, -0.25) is 19.2 Å². The summed E-state index contributed by atoms with van der Waals surface area (Å²) in [7, 11) is 0. The molecule has 4 amide bonds. The van der Waals surface area contributed by atoms with Gasteiger partial charge in [-0.15, -0.1) is 0 Å². The standard InChI is InChI=1S/C82H106Cl4N2O8/c1-11-15-19-23-27-31-35-51(5)47-93-67-39-55(9)65(45-69(67)95-49-53(7)37-33-29-25-21-17-13-3)87-79(89)57-41-61(83)73-75-63(85)43-59-72-60(44-64(86)76(78(72)75)74-62(84)42-58(80(87)90)71(57)77(73)74)82(92)88(81(59)91)66-46-70(96-50-54(8)38-34-30-26-22-18-14-4)68(40-56(66)10)94-48-52(6)36-32-28-24-20-16-12-2/h39-46,51-54H,11-38,47-50H2,1-10H3. The maximum Gasteiger partial charge on any atom is 0.266 e. The SMILES string of the molecule is CCCCCCCCC(C)COc1cc(C)c(N2C(=O)c3cc(Cl)c4c5c(Cl)cc6c7c(cc(Cl)c(c8c(Cl)cc(c3c48)C2=O)c75)C(=O)N(c2cc(OCC(C)CCCCCCCC)c(OCC(C)CCCCCCCC)cc2C)C6=O)cc1OCC(C)CCCCCCCC. The Balaban J connectivity index is 1.06. The van der Waals surface area contributed by atoms with Gasteiger partial charge >= 0.3 is 0 Å². The maximum absolute atomic E-state index is 15.5. The Morgan fingerprint density at radius 2 is 0.521 bits per heavy atom. The molecule has 0 fully saturated rings. The van der Waals surface area contributed by atoms with Crippen LogP contribution in [-0.4, -0.2) is 50.1 Å². The molecule has 520 valence electrons. The molecule has 0 aliphatic carbocycles. The number of fused-ring (bicyclic) bond motifs is 2. The number of aryl methyl sites for hydroxylation is 2. The largest absolute Gasteiger partial charge is 0.489 e. The molecule has 2 aliphatic rings. The number of rotatable bonds is 42. The third-order valence-electron chi connectivity index (χ3n) is 20.2. The van der Waals surface area contributed by atoms with Crippen LogP contribution in [0.4, 0.5) is 11.4 Å². The molecule has 7 aromatic rings. The normalized spacial score (nSPS) is 14.5. The topological polar surface area (TPSA) is 112 Å². The van der Waals surface area contributed by atoms with E-state index < -0.39 is 23.6 Å². The van der Waals surface area contributed by atoms with Crippen LogP contribution in [-0.2, 0) is 0 Å². The summed E-state index contributed by atoms with van der Waals surface area (Å²) in [6, 6.07) is 13.6. The number of anilines is 2. The van der Waals surface area contributed by atoms with Gasteiger partial charge < -0.3 is 18.9 Å². The van der Waals surface area contributed by atoms with Crippen LogP contribution >= 0.6 is 46.4 Å². The van der Waals surface area contributed by atoms with Crippen molar-refractivity contribution in [1.82, 2.24) is 0 Å². The van der Waals surface area contributed by atoms with Crippen molar-refractivity contribution in [2.24, 2.45) is 23.7 Å². The number of imide groups is 2. The quantitative estimate of drug-likeness (QED) is 0.0161. The third kappa shape index (κ3) is 17.2. The van der Waals surface area contributed by atoms with E-state index in [1.807, 2.05) is 26.0 Å². The second-order valence-corrected chi connectivity index (χ2v) is 30.2. The highest BCUT2D eigenvalue weighted by atomic mass is 35.5. The van der Waals surface area contributed by atoms with Crippen molar-refractivity contribution in [3.8, 4) is 23.0 Å². The maximum atomic E-state index is 15.5. The van der Waals surface area contributed by atoms with Gasteiger partial charge in [0.05, 0.1) is 60.1 Å². The molecule has 4 unspecified atom stereocenters. The Morgan fingerprint density at radius 3 is 0.760 bits per heavy atom. The monoisotopic (exact) mass is 1390 g/mol. The second kappa shape index (κ2) is 35.5. The minimum atomic E-state index is -0.588. The average molecular weight is 1390 g/mol. The van der Waals surface area contributed by atoms with Crippen molar-refractivity contribution >= 4 is 124 Å². The molecule has 9 rings (SSSR count). The van der Waals surface area contributed by atoms with Crippen LogP contribution in [0.3, 0.4) is 0 Å². The van der Waals surface area contributed by atoms with Crippen LogP contribution in [0.15, 0.2) is 48.5 Å². The number of amides is 4. The second-order valence-electron chi connectivity index (χ2n) is 28.6. The average Bonchev–Trinajstić information content (AvgIpc) is 0.677. The Hall–Kier alpha value is -5.52. The minimum Gasteiger partial charge on any atom is -0.489 e. The number of halogens is 4. The zero-order valence-corrected chi connectivity index (χ0v) is 62.3. The van der Waals surface area contributed by atoms with Crippen LogP contribution < -0.4 is 28.7 Å². The van der Waals surface area contributed by atoms with E-state index in [1.165, 1.54) is 138 Å². The van der Waals surface area contributed by atoms with Gasteiger partial charge in [-0.1, -0.05) is 256 Å². The number of carbonyl (C=O) groups excluding carboxylic acids is 4. The number of benzene rings is 7. The lowest BCUT2D eigenvalue weighted by molar-refractivity contribution is 0.0877. The first-order valence-electron chi connectivity index (χ1n) is 36.9. The van der Waals surface area contributed by atoms with Crippen molar-refractivity contribution in [3.05, 3.63) is 102 Å². The van der Waals surface area contributed by atoms with E-state index in [1.54, 1.807) is 36.4 Å². The van der Waals surface area contributed by atoms with Gasteiger partial charge in [0, 0.05) is 75.3 Å². The molecule has 96 heavy (non-hydrogen) atoms. The van der Waals surface area contributed by atoms with E-state index in [0.717, 1.165) is 51.4 Å². The van der Waals surface area contributed by atoms with Crippen molar-refractivity contribution in [2.45, 2.75) is 249 Å². The highest BCUT2D eigenvalue weighted by molar-refractivity contribution is 6.57. The van der Waals surface area contributed by atoms with E-state index in [2.05, 4.69) is 55.4 Å². The Bertz CT molecular complexity index is 3480. The first-order valence-corrected chi connectivity index (χ1v) is 38.4. The highest BCUT2D eigenvalue weighted by Crippen LogP contribution is 2.55. The third-order valence-corrected chi connectivity index (χ3v) is 21.3. The van der Waals surface area contributed by atoms with Crippen molar-refractivity contribution in [3.63, 3.8) is 0 Å². The van der Waals surface area contributed by atoms with Crippen LogP contribution in [0.2, 0.25) is 20.1 Å². The molecule has 0 saturated carbocycles. The van der Waals surface area contributed by atoms with Gasteiger partial charge in [-0.25, -0.2) is 9.80 Å². The summed E-state index contributed by atoms with van der Waals surface area (Å²) in [4.78, 5) is 64.2. The Labute approximate surface area is 592 Å². The minimum absolute atomic E-state index is 0.150. The van der Waals surface area contributed by atoms with Crippen molar-refractivity contribution in [2.75, 3.05) is 36.2 Å². The first-order chi connectivity index (χ1) is 46.3. The molecule has 10 nitrogen and oxygen atoms in total. The summed E-state index contributed by atoms with van der Waals surface area (Å²) in [6.45, 7) is 23.4. The molecule has 0 spiro atoms. The summed E-state index contributed by atoms with van der Waals surface area (Å²) >= 11 is 30.1. The fourth-order valence-corrected chi connectivity index (χ4v) is 15.7. The predicted octanol–water partition coefficient (Wildman–Crippen LogP) is 25.6. The molecule has 2 aliphatic heterocycles. The van der Waals surface area contributed by atoms with Gasteiger partial charge in [0.1, 0.15) is 0 Å². The molecule has 0 radical (unpaired) electrons. The number of nitrogens with zero attached hydrogens (tertiary/aromatic N) is 2. The zero-order chi connectivity index (χ0) is 68.7. The smallest absolute Gasteiger partial charge is 0.266 e. The number of unbranched alkanes of at least 4 members (excludes halogenated alkanes) is 20. The van der Waals surface area contributed by atoms with Gasteiger partial charge in [0.25, 0.3) is 23.6 Å². The number of carbonyl (C=O) groups is 4. The summed E-state index contributed by atoms with van der Waals surface area (Å²) in [5, 5.41) is 3.71. The zero-order valence-electron chi connectivity index (χ0n) is 59.2. The summed E-state index contributed by atoms with van der Waals surface area (Å²) in [6.07, 6.45) is 33.3. The van der Waals surface area contributed by atoms with Gasteiger partial charge in [-0.2, -0.15) is 0 Å². The van der Waals surface area contributed by atoms with Crippen LogP contribution in [0, 0.1) is 37.5 Å². The summed E-state index contributed by atoms with van der Waals surface area (Å²) < 4.78 is 26.6.